The molecule has 2 aliphatic heterocycles. The summed E-state index contributed by atoms with van der Waals surface area (Å²) in [4.78, 5) is 29.4. The first-order valence-corrected chi connectivity index (χ1v) is 10.3. The van der Waals surface area contributed by atoms with E-state index in [9.17, 15) is 9.59 Å². The summed E-state index contributed by atoms with van der Waals surface area (Å²) in [6.07, 6.45) is 3.34. The Kier molecular flexibility index (Phi) is 5.67. The van der Waals surface area contributed by atoms with Crippen molar-refractivity contribution in [2.45, 2.75) is 25.7 Å². The molecule has 7 nitrogen and oxygen atoms in total. The number of hydrogen-bond donors (Lipinski definition) is 1. The SMILES string of the molecule is CNC(=O)[C@]1(Cc2cc(-c3ccccc3)no2)CCN(CC(=O)N2CCCC2)C1. The molecule has 154 valence electrons. The van der Waals surface area contributed by atoms with Crippen LogP contribution in [0.5, 0.6) is 0 Å². The third kappa shape index (κ3) is 4.19. The van der Waals surface area contributed by atoms with Crippen molar-refractivity contribution < 1.29 is 14.1 Å². The lowest BCUT2D eigenvalue weighted by molar-refractivity contribution is -0.133. The Morgan fingerprint density at radius 3 is 2.66 bits per heavy atom. The van der Waals surface area contributed by atoms with Crippen LogP contribution in [0, 0.1) is 5.41 Å². The number of nitrogens with one attached hydrogen (secondary N) is 1. The standard InChI is InChI=1S/C22H28N4O3/c1-23-21(28)22(9-12-25(16-22)15-20(27)26-10-5-6-11-26)14-18-13-19(24-29-18)17-7-3-2-4-8-17/h2-4,7-8,13H,5-6,9-12,14-16H2,1H3,(H,23,28)/t22-/m0/s1. The number of carbonyl (C=O) groups is 2. The van der Waals surface area contributed by atoms with Crippen LogP contribution in [0.4, 0.5) is 0 Å². The Bertz CT molecular complexity index is 860. The van der Waals surface area contributed by atoms with Gasteiger partial charge < -0.3 is 14.7 Å². The summed E-state index contributed by atoms with van der Waals surface area (Å²) in [5.41, 5.74) is 1.15. The van der Waals surface area contributed by atoms with Crippen molar-refractivity contribution in [3.05, 3.63) is 42.2 Å². The molecule has 2 saturated heterocycles. The number of amides is 2. The van der Waals surface area contributed by atoms with E-state index in [0.29, 0.717) is 31.7 Å². The van der Waals surface area contributed by atoms with Crippen molar-refractivity contribution in [3.8, 4) is 11.3 Å². The molecule has 4 rings (SSSR count). The van der Waals surface area contributed by atoms with E-state index in [0.717, 1.165) is 43.7 Å². The van der Waals surface area contributed by atoms with Gasteiger partial charge in [0.15, 0.2) is 0 Å². The van der Waals surface area contributed by atoms with Gasteiger partial charge in [-0.2, -0.15) is 0 Å². The molecular weight excluding hydrogens is 368 g/mol. The molecule has 1 N–H and O–H groups in total. The molecule has 1 aromatic carbocycles. The number of carbonyl (C=O) groups excluding carboxylic acids is 2. The molecule has 0 aliphatic carbocycles. The fourth-order valence-electron chi connectivity index (χ4n) is 4.50. The highest BCUT2D eigenvalue weighted by Crippen LogP contribution is 2.35. The molecular formula is C22H28N4O3. The Balaban J connectivity index is 1.46. The Morgan fingerprint density at radius 2 is 1.93 bits per heavy atom. The van der Waals surface area contributed by atoms with Crippen LogP contribution in [0.1, 0.15) is 25.0 Å². The highest BCUT2D eigenvalue weighted by Gasteiger charge is 2.45. The van der Waals surface area contributed by atoms with Crippen molar-refractivity contribution in [3.63, 3.8) is 0 Å². The summed E-state index contributed by atoms with van der Waals surface area (Å²) >= 11 is 0. The van der Waals surface area contributed by atoms with E-state index in [1.807, 2.05) is 41.3 Å². The lowest BCUT2D eigenvalue weighted by Crippen LogP contribution is -2.44. The van der Waals surface area contributed by atoms with E-state index in [-0.39, 0.29) is 11.8 Å². The predicted molar refractivity (Wildman–Crippen MR) is 109 cm³/mol. The van der Waals surface area contributed by atoms with Gasteiger partial charge in [0.2, 0.25) is 11.8 Å². The Hall–Kier alpha value is -2.67. The quantitative estimate of drug-likeness (QED) is 0.807. The third-order valence-electron chi connectivity index (χ3n) is 6.10. The van der Waals surface area contributed by atoms with Crippen LogP contribution in [-0.4, -0.2) is 66.5 Å². The highest BCUT2D eigenvalue weighted by atomic mass is 16.5. The van der Waals surface area contributed by atoms with Crippen LogP contribution in [0.25, 0.3) is 11.3 Å². The van der Waals surface area contributed by atoms with Crippen LogP contribution in [0.2, 0.25) is 0 Å². The van der Waals surface area contributed by atoms with E-state index in [1.54, 1.807) is 7.05 Å². The topological polar surface area (TPSA) is 78.7 Å². The van der Waals surface area contributed by atoms with Gasteiger partial charge in [0, 0.05) is 44.7 Å². The summed E-state index contributed by atoms with van der Waals surface area (Å²) in [5, 5.41) is 7.00. The molecule has 0 bridgehead atoms. The molecule has 7 heteroatoms. The number of nitrogens with zero attached hydrogens (tertiary/aromatic N) is 3. The highest BCUT2D eigenvalue weighted by molar-refractivity contribution is 5.84. The minimum atomic E-state index is -0.604. The third-order valence-corrected chi connectivity index (χ3v) is 6.10. The minimum absolute atomic E-state index is 0.00807. The van der Waals surface area contributed by atoms with E-state index < -0.39 is 5.41 Å². The minimum Gasteiger partial charge on any atom is -0.361 e. The summed E-state index contributed by atoms with van der Waals surface area (Å²) in [5.74, 6) is 0.854. The van der Waals surface area contributed by atoms with E-state index in [2.05, 4.69) is 15.4 Å². The molecule has 1 atom stereocenters. The Morgan fingerprint density at radius 1 is 1.17 bits per heavy atom. The fourth-order valence-corrected chi connectivity index (χ4v) is 4.50. The summed E-state index contributed by atoms with van der Waals surface area (Å²) in [7, 11) is 1.66. The largest absolute Gasteiger partial charge is 0.361 e. The molecule has 0 spiro atoms. The maximum Gasteiger partial charge on any atom is 0.236 e. The molecule has 3 heterocycles. The van der Waals surface area contributed by atoms with Crippen LogP contribution in [0.15, 0.2) is 40.9 Å². The van der Waals surface area contributed by atoms with E-state index in [4.69, 9.17) is 4.52 Å². The van der Waals surface area contributed by atoms with Gasteiger partial charge in [-0.3, -0.25) is 14.5 Å². The summed E-state index contributed by atoms with van der Waals surface area (Å²) < 4.78 is 5.57. The normalized spacial score (nSPS) is 22.2. The van der Waals surface area contributed by atoms with Gasteiger partial charge >= 0.3 is 0 Å². The molecule has 29 heavy (non-hydrogen) atoms. The molecule has 2 amide bonds. The molecule has 2 aliphatic rings. The summed E-state index contributed by atoms with van der Waals surface area (Å²) in [6.45, 7) is 3.37. The molecule has 0 saturated carbocycles. The lowest BCUT2D eigenvalue weighted by Gasteiger charge is -2.27. The second kappa shape index (κ2) is 8.37. The van der Waals surface area contributed by atoms with Gasteiger partial charge in [0.1, 0.15) is 11.5 Å². The van der Waals surface area contributed by atoms with Gasteiger partial charge in [-0.15, -0.1) is 0 Å². The van der Waals surface area contributed by atoms with Crippen LogP contribution in [-0.2, 0) is 16.0 Å². The molecule has 1 aromatic heterocycles. The molecule has 2 fully saturated rings. The second-order valence-corrected chi connectivity index (χ2v) is 8.13. The fraction of sp³-hybridized carbons (Fsp3) is 0.500. The number of hydrogen-bond acceptors (Lipinski definition) is 5. The summed E-state index contributed by atoms with van der Waals surface area (Å²) in [6, 6.07) is 11.8. The van der Waals surface area contributed by atoms with Crippen molar-refractivity contribution in [2.75, 3.05) is 39.8 Å². The van der Waals surface area contributed by atoms with Gasteiger partial charge in [-0.05, 0) is 25.8 Å². The number of likely N-dealkylation sites (tertiary alicyclic amines) is 2. The van der Waals surface area contributed by atoms with Crippen LogP contribution >= 0.6 is 0 Å². The molecule has 0 unspecified atom stereocenters. The zero-order valence-electron chi connectivity index (χ0n) is 16.9. The maximum absolute atomic E-state index is 12.8. The average Bonchev–Trinajstić information content (AvgIpc) is 3.50. The molecule has 2 aromatic rings. The van der Waals surface area contributed by atoms with Crippen LogP contribution < -0.4 is 5.32 Å². The number of aromatic nitrogens is 1. The first kappa shape index (κ1) is 19.6. The van der Waals surface area contributed by atoms with Gasteiger partial charge in [0.25, 0.3) is 0 Å². The zero-order valence-corrected chi connectivity index (χ0v) is 16.9. The number of rotatable bonds is 6. The Labute approximate surface area is 171 Å². The van der Waals surface area contributed by atoms with E-state index in [1.165, 1.54) is 0 Å². The van der Waals surface area contributed by atoms with Gasteiger partial charge in [-0.1, -0.05) is 35.5 Å². The maximum atomic E-state index is 12.8. The second-order valence-electron chi connectivity index (χ2n) is 8.13. The van der Waals surface area contributed by atoms with Crippen molar-refractivity contribution in [1.29, 1.82) is 0 Å². The van der Waals surface area contributed by atoms with Gasteiger partial charge in [-0.25, -0.2) is 0 Å². The van der Waals surface area contributed by atoms with Gasteiger partial charge in [0.05, 0.1) is 12.0 Å². The van der Waals surface area contributed by atoms with Crippen molar-refractivity contribution >= 4 is 11.8 Å². The van der Waals surface area contributed by atoms with E-state index >= 15 is 0 Å². The molecule has 0 radical (unpaired) electrons. The first-order chi connectivity index (χ1) is 14.1. The number of benzene rings is 1. The smallest absolute Gasteiger partial charge is 0.236 e. The zero-order chi connectivity index (χ0) is 20.3. The first-order valence-electron chi connectivity index (χ1n) is 10.3. The van der Waals surface area contributed by atoms with Crippen molar-refractivity contribution in [2.24, 2.45) is 5.41 Å². The lowest BCUT2D eigenvalue weighted by atomic mass is 9.81. The average molecular weight is 396 g/mol. The van der Waals surface area contributed by atoms with Crippen LogP contribution in [0.3, 0.4) is 0 Å². The predicted octanol–water partition coefficient (Wildman–Crippen LogP) is 1.94. The monoisotopic (exact) mass is 396 g/mol. The van der Waals surface area contributed by atoms with Crippen molar-refractivity contribution in [1.82, 2.24) is 20.3 Å².